The third-order valence-electron chi connectivity index (χ3n) is 4.77. The van der Waals surface area contributed by atoms with E-state index in [1.165, 1.54) is 5.56 Å². The highest BCUT2D eigenvalue weighted by Crippen LogP contribution is 2.37. The quantitative estimate of drug-likeness (QED) is 0.639. The minimum Gasteiger partial charge on any atom is -0.496 e. The second kappa shape index (κ2) is 8.12. The second-order valence-electron chi connectivity index (χ2n) is 6.73. The summed E-state index contributed by atoms with van der Waals surface area (Å²) in [6.07, 6.45) is 4.18. The summed E-state index contributed by atoms with van der Waals surface area (Å²) >= 11 is 0. The van der Waals surface area contributed by atoms with E-state index in [1.54, 1.807) is 19.4 Å². The number of carbonyl (C=O) groups is 1. The van der Waals surface area contributed by atoms with Crippen LogP contribution in [0.25, 0.3) is 16.5 Å². The summed E-state index contributed by atoms with van der Waals surface area (Å²) in [5, 5.41) is 3.99. The fourth-order valence-electron chi connectivity index (χ4n) is 3.29. The predicted molar refractivity (Wildman–Crippen MR) is 109 cm³/mol. The van der Waals surface area contributed by atoms with Crippen LogP contribution in [-0.2, 0) is 11.2 Å². The highest BCUT2D eigenvalue weighted by Gasteiger charge is 2.16. The molecule has 0 aliphatic heterocycles. The first-order chi connectivity index (χ1) is 13.0. The minimum absolute atomic E-state index is 0.104. The minimum atomic E-state index is -0.104. The van der Waals surface area contributed by atoms with Gasteiger partial charge in [-0.15, -0.1) is 0 Å². The van der Waals surface area contributed by atoms with Crippen molar-refractivity contribution >= 4 is 22.4 Å². The van der Waals surface area contributed by atoms with Crippen molar-refractivity contribution < 1.29 is 13.9 Å². The topological polar surface area (TPSA) is 51.5 Å². The molecule has 1 aromatic heterocycles. The van der Waals surface area contributed by atoms with Gasteiger partial charge in [0.25, 0.3) is 0 Å². The number of fused-ring (bicyclic) bond motifs is 1. The zero-order valence-electron chi connectivity index (χ0n) is 16.3. The molecule has 0 aliphatic rings. The Kier molecular flexibility index (Phi) is 5.65. The summed E-state index contributed by atoms with van der Waals surface area (Å²) in [4.78, 5) is 12.3. The Balaban J connectivity index is 1.78. The average Bonchev–Trinajstić information content (AvgIpc) is 3.03. The highest BCUT2D eigenvalue weighted by molar-refractivity contribution is 5.98. The standard InChI is InChI=1S/C23H25NO3/c1-15(12-21(25)24-11-10-18-8-6-5-7-9-18)19-13-20-16(2)14-27-23(20)17(3)22(19)26-4/h5-9,12-14H,10-11H2,1-4H3,(H,24,25)/b15-12+. The van der Waals surface area contributed by atoms with Crippen molar-refractivity contribution in [3.05, 3.63) is 71.0 Å². The molecule has 3 rings (SSSR count). The molecule has 0 fully saturated rings. The van der Waals surface area contributed by atoms with Gasteiger partial charge < -0.3 is 14.5 Å². The molecule has 2 aromatic carbocycles. The SMILES string of the molecule is COc1c(/C(C)=C/C(=O)NCCc2ccccc2)cc2c(C)coc2c1C. The number of allylic oxidation sites excluding steroid dienone is 1. The smallest absolute Gasteiger partial charge is 0.244 e. The lowest BCUT2D eigenvalue weighted by Gasteiger charge is -2.13. The van der Waals surface area contributed by atoms with Crippen LogP contribution >= 0.6 is 0 Å². The van der Waals surface area contributed by atoms with Gasteiger partial charge in [0, 0.05) is 29.1 Å². The molecule has 0 radical (unpaired) electrons. The lowest BCUT2D eigenvalue weighted by molar-refractivity contribution is -0.116. The average molecular weight is 363 g/mol. The van der Waals surface area contributed by atoms with Crippen LogP contribution in [0, 0.1) is 13.8 Å². The summed E-state index contributed by atoms with van der Waals surface area (Å²) in [7, 11) is 1.64. The molecule has 0 bridgehead atoms. The largest absolute Gasteiger partial charge is 0.496 e. The van der Waals surface area contributed by atoms with Crippen molar-refractivity contribution in [3.8, 4) is 5.75 Å². The Morgan fingerprint density at radius 3 is 2.67 bits per heavy atom. The van der Waals surface area contributed by atoms with Gasteiger partial charge in [0.15, 0.2) is 0 Å². The van der Waals surface area contributed by atoms with Crippen molar-refractivity contribution in [1.82, 2.24) is 5.32 Å². The van der Waals surface area contributed by atoms with E-state index in [2.05, 4.69) is 17.4 Å². The van der Waals surface area contributed by atoms with E-state index in [0.29, 0.717) is 6.54 Å². The first kappa shape index (κ1) is 18.8. The van der Waals surface area contributed by atoms with Crippen molar-refractivity contribution in [2.24, 2.45) is 0 Å². The maximum absolute atomic E-state index is 12.3. The molecule has 1 N–H and O–H groups in total. The normalized spacial score (nSPS) is 11.6. The Morgan fingerprint density at radius 2 is 1.96 bits per heavy atom. The molecule has 1 amide bonds. The first-order valence-corrected chi connectivity index (χ1v) is 9.07. The number of aryl methyl sites for hydroxylation is 2. The summed E-state index contributed by atoms with van der Waals surface area (Å²) in [5.74, 6) is 0.634. The van der Waals surface area contributed by atoms with Gasteiger partial charge in [-0.3, -0.25) is 4.79 Å². The number of amides is 1. The predicted octanol–water partition coefficient (Wildman–Crippen LogP) is 4.82. The molecule has 4 nitrogen and oxygen atoms in total. The molecular formula is C23H25NO3. The van der Waals surface area contributed by atoms with Gasteiger partial charge in [0.2, 0.25) is 5.91 Å². The Hall–Kier alpha value is -3.01. The van der Waals surface area contributed by atoms with Crippen molar-refractivity contribution in [2.45, 2.75) is 27.2 Å². The maximum Gasteiger partial charge on any atom is 0.244 e. The van der Waals surface area contributed by atoms with Gasteiger partial charge in [0.1, 0.15) is 11.3 Å². The summed E-state index contributed by atoms with van der Waals surface area (Å²) in [6, 6.07) is 12.1. The molecule has 1 heterocycles. The fourth-order valence-corrected chi connectivity index (χ4v) is 3.29. The van der Waals surface area contributed by atoms with Crippen LogP contribution < -0.4 is 10.1 Å². The number of hydrogen-bond donors (Lipinski definition) is 1. The van der Waals surface area contributed by atoms with Crippen molar-refractivity contribution in [1.29, 1.82) is 0 Å². The fraction of sp³-hybridized carbons (Fsp3) is 0.261. The van der Waals surface area contributed by atoms with E-state index < -0.39 is 0 Å². The first-order valence-electron chi connectivity index (χ1n) is 9.07. The van der Waals surface area contributed by atoms with Gasteiger partial charge in [-0.25, -0.2) is 0 Å². The van der Waals surface area contributed by atoms with Crippen molar-refractivity contribution in [3.63, 3.8) is 0 Å². The van der Waals surface area contributed by atoms with Crippen molar-refractivity contribution in [2.75, 3.05) is 13.7 Å². The Morgan fingerprint density at radius 1 is 1.22 bits per heavy atom. The maximum atomic E-state index is 12.3. The Labute approximate surface area is 159 Å². The van der Waals surface area contributed by atoms with Crippen LogP contribution in [0.4, 0.5) is 0 Å². The highest BCUT2D eigenvalue weighted by atomic mass is 16.5. The molecule has 0 atom stereocenters. The van der Waals surface area contributed by atoms with Crippen LogP contribution in [-0.4, -0.2) is 19.6 Å². The molecule has 4 heteroatoms. The second-order valence-corrected chi connectivity index (χ2v) is 6.73. The van der Waals surface area contributed by atoms with Gasteiger partial charge in [-0.1, -0.05) is 30.3 Å². The van der Waals surface area contributed by atoms with E-state index in [1.807, 2.05) is 45.0 Å². The molecule has 3 aromatic rings. The molecule has 0 saturated heterocycles. The third kappa shape index (κ3) is 4.05. The van der Waals surface area contributed by atoms with E-state index in [4.69, 9.17) is 9.15 Å². The molecule has 27 heavy (non-hydrogen) atoms. The van der Waals surface area contributed by atoms with Crippen LogP contribution in [0.2, 0.25) is 0 Å². The summed E-state index contributed by atoms with van der Waals surface area (Å²) < 4.78 is 11.3. The molecular weight excluding hydrogens is 338 g/mol. The summed E-state index contributed by atoms with van der Waals surface area (Å²) in [5.41, 5.74) is 5.80. The third-order valence-corrected chi connectivity index (χ3v) is 4.77. The van der Waals surface area contributed by atoms with Crippen LogP contribution in [0.5, 0.6) is 5.75 Å². The van der Waals surface area contributed by atoms with E-state index in [9.17, 15) is 4.79 Å². The number of carbonyl (C=O) groups excluding carboxylic acids is 1. The monoisotopic (exact) mass is 363 g/mol. The zero-order valence-corrected chi connectivity index (χ0v) is 16.3. The molecule has 140 valence electrons. The number of hydrogen-bond acceptors (Lipinski definition) is 3. The van der Waals surface area contributed by atoms with Crippen LogP contribution in [0.15, 0.2) is 53.2 Å². The lowest BCUT2D eigenvalue weighted by Crippen LogP contribution is -2.23. The van der Waals surface area contributed by atoms with Gasteiger partial charge in [0.05, 0.1) is 13.4 Å². The van der Waals surface area contributed by atoms with Gasteiger partial charge in [-0.05, 0) is 50.0 Å². The molecule has 0 saturated carbocycles. The van der Waals surface area contributed by atoms with Gasteiger partial charge >= 0.3 is 0 Å². The molecule has 0 spiro atoms. The Bertz CT molecular complexity index is 984. The molecule has 0 unspecified atom stereocenters. The van der Waals surface area contributed by atoms with E-state index in [0.717, 1.165) is 45.4 Å². The van der Waals surface area contributed by atoms with E-state index in [-0.39, 0.29) is 5.91 Å². The number of benzene rings is 2. The zero-order chi connectivity index (χ0) is 19.4. The van der Waals surface area contributed by atoms with Crippen LogP contribution in [0.3, 0.4) is 0 Å². The number of furan rings is 1. The molecule has 0 aliphatic carbocycles. The number of rotatable bonds is 6. The number of methoxy groups -OCH3 is 1. The van der Waals surface area contributed by atoms with E-state index >= 15 is 0 Å². The number of nitrogens with one attached hydrogen (secondary N) is 1. The lowest BCUT2D eigenvalue weighted by atomic mass is 9.98. The summed E-state index contributed by atoms with van der Waals surface area (Å²) in [6.45, 7) is 6.51. The van der Waals surface area contributed by atoms with Gasteiger partial charge in [-0.2, -0.15) is 0 Å². The van der Waals surface area contributed by atoms with Crippen LogP contribution in [0.1, 0.15) is 29.2 Å². The number of ether oxygens (including phenoxy) is 1.